The van der Waals surface area contributed by atoms with E-state index in [1.165, 1.54) is 0 Å². The molecule has 1 aliphatic rings. The number of carbonyl (C=O) groups is 1. The zero-order valence-corrected chi connectivity index (χ0v) is 7.38. The lowest BCUT2D eigenvalue weighted by Crippen LogP contribution is -2.57. The van der Waals surface area contributed by atoms with Gasteiger partial charge in [-0.15, -0.1) is 0 Å². The Bertz CT molecular complexity index is 184. The molecule has 0 aromatic carbocycles. The van der Waals surface area contributed by atoms with E-state index in [9.17, 15) is 4.79 Å². The first kappa shape index (κ1) is 9.48. The van der Waals surface area contributed by atoms with E-state index < -0.39 is 11.4 Å². The highest BCUT2D eigenvalue weighted by molar-refractivity contribution is 5.84. The van der Waals surface area contributed by atoms with Crippen LogP contribution in [0.3, 0.4) is 0 Å². The monoisotopic (exact) mass is 172 g/mol. The molecular weight excluding hydrogens is 156 g/mol. The molecule has 0 bridgehead atoms. The van der Waals surface area contributed by atoms with E-state index in [4.69, 9.17) is 16.2 Å². The molecule has 1 fully saturated rings. The fraction of sp³-hybridized carbons (Fsp3) is 0.875. The predicted octanol–water partition coefficient (Wildman–Crippen LogP) is -0.242. The molecule has 0 aromatic heterocycles. The molecule has 1 aliphatic heterocycles. The van der Waals surface area contributed by atoms with Crippen molar-refractivity contribution in [2.75, 3.05) is 6.61 Å². The Morgan fingerprint density at radius 3 is 2.92 bits per heavy atom. The first-order valence-corrected chi connectivity index (χ1v) is 4.29. The molecule has 70 valence electrons. The maximum absolute atomic E-state index is 11.0. The lowest BCUT2D eigenvalue weighted by Gasteiger charge is -2.35. The summed E-state index contributed by atoms with van der Waals surface area (Å²) in [5.41, 5.74) is 10.2. The zero-order chi connectivity index (χ0) is 9.19. The van der Waals surface area contributed by atoms with E-state index in [-0.39, 0.29) is 6.10 Å². The Kier molecular flexibility index (Phi) is 2.69. The number of primary amides is 1. The van der Waals surface area contributed by atoms with Crippen molar-refractivity contribution in [2.24, 2.45) is 11.5 Å². The van der Waals surface area contributed by atoms with Crippen LogP contribution in [0.1, 0.15) is 26.2 Å². The van der Waals surface area contributed by atoms with Crippen LogP contribution in [0.25, 0.3) is 0 Å². The van der Waals surface area contributed by atoms with Crippen LogP contribution in [0.5, 0.6) is 0 Å². The molecule has 4 heteroatoms. The fourth-order valence-corrected chi connectivity index (χ4v) is 1.46. The highest BCUT2D eigenvalue weighted by atomic mass is 16.5. The van der Waals surface area contributed by atoms with Crippen molar-refractivity contribution in [2.45, 2.75) is 37.8 Å². The fourth-order valence-electron chi connectivity index (χ4n) is 1.46. The molecule has 0 aromatic rings. The Morgan fingerprint density at radius 1 is 1.75 bits per heavy atom. The number of carbonyl (C=O) groups excluding carboxylic acids is 1. The third-order valence-electron chi connectivity index (χ3n) is 2.44. The normalized spacial score (nSPS) is 36.3. The van der Waals surface area contributed by atoms with Gasteiger partial charge in [0.15, 0.2) is 0 Å². The minimum atomic E-state index is -0.834. The summed E-state index contributed by atoms with van der Waals surface area (Å²) in [5, 5.41) is 0. The van der Waals surface area contributed by atoms with Gasteiger partial charge in [-0.2, -0.15) is 0 Å². The largest absolute Gasteiger partial charge is 0.378 e. The van der Waals surface area contributed by atoms with Gasteiger partial charge in [0, 0.05) is 13.0 Å². The molecular formula is C8H16N2O2. The number of ether oxygens (including phenoxy) is 1. The lowest BCUT2D eigenvalue weighted by molar-refractivity contribution is -0.129. The van der Waals surface area contributed by atoms with Crippen LogP contribution in [0.2, 0.25) is 0 Å². The predicted molar refractivity (Wildman–Crippen MR) is 45.4 cm³/mol. The summed E-state index contributed by atoms with van der Waals surface area (Å²) in [6.07, 6.45) is 2.07. The van der Waals surface area contributed by atoms with Crippen molar-refractivity contribution in [3.63, 3.8) is 0 Å². The van der Waals surface area contributed by atoms with Gasteiger partial charge in [-0.3, -0.25) is 4.79 Å². The van der Waals surface area contributed by atoms with Gasteiger partial charge < -0.3 is 16.2 Å². The minimum Gasteiger partial charge on any atom is -0.378 e. The molecule has 0 aliphatic carbocycles. The van der Waals surface area contributed by atoms with Crippen molar-refractivity contribution >= 4 is 5.91 Å². The van der Waals surface area contributed by atoms with Gasteiger partial charge in [0.2, 0.25) is 5.91 Å². The summed E-state index contributed by atoms with van der Waals surface area (Å²) < 4.78 is 5.38. The van der Waals surface area contributed by atoms with Crippen LogP contribution in [0.15, 0.2) is 0 Å². The van der Waals surface area contributed by atoms with Gasteiger partial charge in [-0.1, -0.05) is 6.92 Å². The van der Waals surface area contributed by atoms with Crippen molar-refractivity contribution in [1.82, 2.24) is 0 Å². The average molecular weight is 172 g/mol. The lowest BCUT2D eigenvalue weighted by atomic mass is 9.86. The van der Waals surface area contributed by atoms with Crippen LogP contribution in [0, 0.1) is 0 Å². The molecule has 1 heterocycles. The molecule has 4 N–H and O–H groups in total. The smallest absolute Gasteiger partial charge is 0.237 e. The second kappa shape index (κ2) is 3.41. The second-order valence-electron chi connectivity index (χ2n) is 3.38. The van der Waals surface area contributed by atoms with E-state index in [1.54, 1.807) is 0 Å². The van der Waals surface area contributed by atoms with Crippen molar-refractivity contribution in [1.29, 1.82) is 0 Å². The molecule has 0 saturated carbocycles. The van der Waals surface area contributed by atoms with E-state index in [2.05, 4.69) is 0 Å². The Balaban J connectivity index is 2.61. The molecule has 1 amide bonds. The number of hydrogen-bond donors (Lipinski definition) is 2. The summed E-state index contributed by atoms with van der Waals surface area (Å²) >= 11 is 0. The van der Waals surface area contributed by atoms with Crippen molar-refractivity contribution < 1.29 is 9.53 Å². The Hall–Kier alpha value is -0.610. The second-order valence-corrected chi connectivity index (χ2v) is 3.38. The number of rotatable bonds is 2. The minimum absolute atomic E-state index is 0.0937. The third kappa shape index (κ3) is 1.76. The molecule has 0 radical (unpaired) electrons. The van der Waals surface area contributed by atoms with Crippen molar-refractivity contribution in [3.8, 4) is 0 Å². The maximum atomic E-state index is 11.0. The molecule has 4 nitrogen and oxygen atoms in total. The Labute approximate surface area is 72.2 Å². The highest BCUT2D eigenvalue weighted by Gasteiger charge is 2.37. The number of hydrogen-bond acceptors (Lipinski definition) is 3. The average Bonchev–Trinajstić information content (AvgIpc) is 2.04. The first-order chi connectivity index (χ1) is 5.58. The van der Waals surface area contributed by atoms with Crippen LogP contribution in [-0.4, -0.2) is 24.2 Å². The van der Waals surface area contributed by atoms with Crippen LogP contribution in [-0.2, 0) is 9.53 Å². The molecule has 2 atom stereocenters. The van der Waals surface area contributed by atoms with Gasteiger partial charge in [-0.25, -0.2) is 0 Å². The summed E-state index contributed by atoms with van der Waals surface area (Å²) in [4.78, 5) is 11.0. The Morgan fingerprint density at radius 2 is 2.42 bits per heavy atom. The van der Waals surface area contributed by atoms with Gasteiger partial charge in [0.05, 0.1) is 11.6 Å². The highest BCUT2D eigenvalue weighted by Crippen LogP contribution is 2.23. The van der Waals surface area contributed by atoms with Gasteiger partial charge in [0.25, 0.3) is 0 Å². The maximum Gasteiger partial charge on any atom is 0.237 e. The van der Waals surface area contributed by atoms with E-state index in [0.29, 0.717) is 19.4 Å². The van der Waals surface area contributed by atoms with Crippen LogP contribution in [0.4, 0.5) is 0 Å². The number of amides is 1. The number of nitrogens with two attached hydrogens (primary N) is 2. The summed E-state index contributed by atoms with van der Waals surface area (Å²) in [7, 11) is 0. The molecule has 12 heavy (non-hydrogen) atoms. The SMILES string of the molecule is CCC1CC(N)(C(N)=O)CCO1. The third-order valence-corrected chi connectivity index (χ3v) is 2.44. The zero-order valence-electron chi connectivity index (χ0n) is 7.38. The van der Waals surface area contributed by atoms with Gasteiger partial charge in [0.1, 0.15) is 0 Å². The summed E-state index contributed by atoms with van der Waals surface area (Å²) in [6, 6.07) is 0. The van der Waals surface area contributed by atoms with Crippen molar-refractivity contribution in [3.05, 3.63) is 0 Å². The van der Waals surface area contributed by atoms with Crippen LogP contribution >= 0.6 is 0 Å². The van der Waals surface area contributed by atoms with E-state index in [0.717, 1.165) is 6.42 Å². The molecule has 1 rings (SSSR count). The summed E-state index contributed by atoms with van der Waals surface area (Å²) in [5.74, 6) is -0.413. The quantitative estimate of drug-likeness (QED) is 0.603. The van der Waals surface area contributed by atoms with Gasteiger partial charge in [-0.05, 0) is 12.8 Å². The topological polar surface area (TPSA) is 78.3 Å². The van der Waals surface area contributed by atoms with E-state index >= 15 is 0 Å². The van der Waals surface area contributed by atoms with E-state index in [1.807, 2.05) is 6.92 Å². The molecule has 1 saturated heterocycles. The molecule has 2 unspecified atom stereocenters. The summed E-state index contributed by atoms with van der Waals surface area (Å²) in [6.45, 7) is 2.55. The molecule has 0 spiro atoms. The first-order valence-electron chi connectivity index (χ1n) is 4.29. The standard InChI is InChI=1S/C8H16N2O2/c1-2-6-5-8(10,7(9)11)3-4-12-6/h6H,2-5,10H2,1H3,(H2,9,11). The van der Waals surface area contributed by atoms with Gasteiger partial charge >= 0.3 is 0 Å². The van der Waals surface area contributed by atoms with Crippen LogP contribution < -0.4 is 11.5 Å².